The second-order valence-corrected chi connectivity index (χ2v) is 7.23. The molecule has 11 nitrogen and oxygen atoms in total. The van der Waals surface area contributed by atoms with Gasteiger partial charge in [-0.15, -0.1) is 0 Å². The zero-order valence-corrected chi connectivity index (χ0v) is 13.3. The van der Waals surface area contributed by atoms with Crippen LogP contribution in [-0.2, 0) is 14.1 Å². The van der Waals surface area contributed by atoms with Crippen molar-refractivity contribution in [3.63, 3.8) is 0 Å². The first-order valence-corrected chi connectivity index (χ1v) is 8.82. The van der Waals surface area contributed by atoms with Crippen LogP contribution in [0.4, 0.5) is 5.82 Å². The third-order valence-corrected chi connectivity index (χ3v) is 4.93. The van der Waals surface area contributed by atoms with Gasteiger partial charge < -0.3 is 29.9 Å². The smallest absolute Gasteiger partial charge is 0.365 e. The first kappa shape index (κ1) is 16.8. The van der Waals surface area contributed by atoms with Gasteiger partial charge in [0, 0.05) is 6.04 Å². The van der Waals surface area contributed by atoms with Crippen molar-refractivity contribution < 1.29 is 29.0 Å². The third-order valence-electron chi connectivity index (χ3n) is 3.98. The minimum atomic E-state index is -4.89. The SMILES string of the molecule is Nc1ncnc2c1ncn2C1CC[C@H](OC(C(=O)O)P(=O)(O)O)C1. The van der Waals surface area contributed by atoms with E-state index < -0.39 is 25.5 Å². The third kappa shape index (κ3) is 3.11. The molecule has 0 radical (unpaired) electrons. The summed E-state index contributed by atoms with van der Waals surface area (Å²) < 4.78 is 18.2. The van der Waals surface area contributed by atoms with Crippen LogP contribution in [0.3, 0.4) is 0 Å². The molecule has 0 aliphatic heterocycles. The first-order valence-electron chi connectivity index (χ1n) is 7.14. The Labute approximate surface area is 135 Å². The maximum Gasteiger partial charge on any atom is 0.365 e. The maximum atomic E-state index is 11.2. The predicted octanol–water partition coefficient (Wildman–Crippen LogP) is 0.107. The van der Waals surface area contributed by atoms with Crippen LogP contribution in [0, 0.1) is 0 Å². The number of aromatic nitrogens is 4. The van der Waals surface area contributed by atoms with Gasteiger partial charge >= 0.3 is 13.6 Å². The van der Waals surface area contributed by atoms with E-state index >= 15 is 0 Å². The number of carbonyl (C=O) groups is 1. The van der Waals surface area contributed by atoms with Gasteiger partial charge in [0.15, 0.2) is 11.5 Å². The van der Waals surface area contributed by atoms with Gasteiger partial charge in [0.2, 0.25) is 0 Å². The highest BCUT2D eigenvalue weighted by atomic mass is 31.2. The average molecular weight is 357 g/mol. The highest BCUT2D eigenvalue weighted by Crippen LogP contribution is 2.45. The van der Waals surface area contributed by atoms with E-state index in [0.29, 0.717) is 30.4 Å². The Kier molecular flexibility index (Phi) is 4.26. The minimum absolute atomic E-state index is 0.0829. The standard InChI is InChI=1S/C12H16N5O6P/c13-9-8-10(15-4-14-9)17(5-16-8)6-1-2-7(3-6)23-12(11(18)19)24(20,21)22/h4-7,12H,1-3H2,(H,18,19)(H2,13,14,15)(H2,20,21,22)/t6?,7-,12?/m0/s1. The Hall–Kier alpha value is -2.07. The highest BCUT2D eigenvalue weighted by molar-refractivity contribution is 7.53. The van der Waals surface area contributed by atoms with E-state index in [1.54, 1.807) is 10.9 Å². The van der Waals surface area contributed by atoms with Gasteiger partial charge in [-0.2, -0.15) is 0 Å². The zero-order valence-electron chi connectivity index (χ0n) is 12.4. The van der Waals surface area contributed by atoms with Gasteiger partial charge in [-0.05, 0) is 19.3 Å². The fraction of sp³-hybridized carbons (Fsp3) is 0.500. The summed E-state index contributed by atoms with van der Waals surface area (Å²) >= 11 is 0. The Balaban J connectivity index is 1.76. The zero-order chi connectivity index (χ0) is 17.5. The molecule has 0 amide bonds. The van der Waals surface area contributed by atoms with E-state index in [0.717, 1.165) is 0 Å². The summed E-state index contributed by atoms with van der Waals surface area (Å²) in [4.78, 5) is 41.4. The Morgan fingerprint density at radius 1 is 1.38 bits per heavy atom. The van der Waals surface area contributed by atoms with E-state index in [1.807, 2.05) is 0 Å². The molecule has 2 aromatic heterocycles. The van der Waals surface area contributed by atoms with Crippen molar-refractivity contribution >= 4 is 30.5 Å². The van der Waals surface area contributed by atoms with Crippen molar-refractivity contribution in [3.05, 3.63) is 12.7 Å². The van der Waals surface area contributed by atoms with Gasteiger partial charge in [0.1, 0.15) is 11.8 Å². The van der Waals surface area contributed by atoms with Crippen molar-refractivity contribution in [2.75, 3.05) is 5.73 Å². The summed E-state index contributed by atoms with van der Waals surface area (Å²) in [5, 5.41) is 8.93. The average Bonchev–Trinajstić information content (AvgIpc) is 3.09. The number of hydrogen-bond donors (Lipinski definition) is 4. The van der Waals surface area contributed by atoms with Crippen LogP contribution in [0.1, 0.15) is 25.3 Å². The van der Waals surface area contributed by atoms with E-state index in [4.69, 9.17) is 25.4 Å². The molecule has 1 aliphatic carbocycles. The number of carboxylic acid groups (broad SMARTS) is 1. The maximum absolute atomic E-state index is 11.2. The van der Waals surface area contributed by atoms with Crippen molar-refractivity contribution in [2.45, 2.75) is 37.3 Å². The van der Waals surface area contributed by atoms with Crippen LogP contribution in [0.15, 0.2) is 12.7 Å². The number of ether oxygens (including phenoxy) is 1. The molecule has 130 valence electrons. The molecule has 1 saturated carbocycles. The molecule has 1 aliphatic rings. The molecule has 3 rings (SSSR count). The number of nitrogens with two attached hydrogens (primary N) is 1. The fourth-order valence-corrected chi connectivity index (χ4v) is 3.51. The number of rotatable bonds is 5. The fourth-order valence-electron chi connectivity index (χ4n) is 2.89. The van der Waals surface area contributed by atoms with E-state index in [1.165, 1.54) is 6.33 Å². The number of hydrogen-bond acceptors (Lipinski definition) is 7. The summed E-state index contributed by atoms with van der Waals surface area (Å²) in [5.41, 5.74) is 6.77. The number of carboxylic acids is 1. The summed E-state index contributed by atoms with van der Waals surface area (Å²) in [6.07, 6.45) is 3.80. The lowest BCUT2D eigenvalue weighted by atomic mass is 10.2. The van der Waals surface area contributed by atoms with Gasteiger partial charge in [-0.1, -0.05) is 0 Å². The number of fused-ring (bicyclic) bond motifs is 1. The molecule has 0 saturated heterocycles. The van der Waals surface area contributed by atoms with Crippen molar-refractivity contribution in [2.24, 2.45) is 0 Å². The molecule has 0 aromatic carbocycles. The predicted molar refractivity (Wildman–Crippen MR) is 81.0 cm³/mol. The summed E-state index contributed by atoms with van der Waals surface area (Å²) in [6, 6.07) is -0.0829. The number of imidazole rings is 1. The molecule has 3 atom stereocenters. The quantitative estimate of drug-likeness (QED) is 0.537. The second-order valence-electron chi connectivity index (χ2n) is 5.59. The van der Waals surface area contributed by atoms with E-state index in [2.05, 4.69) is 15.0 Å². The highest BCUT2D eigenvalue weighted by Gasteiger charge is 2.41. The van der Waals surface area contributed by atoms with E-state index in [-0.39, 0.29) is 11.9 Å². The molecule has 0 spiro atoms. The molecule has 2 aromatic rings. The van der Waals surface area contributed by atoms with Crippen LogP contribution < -0.4 is 5.73 Å². The van der Waals surface area contributed by atoms with Crippen molar-refractivity contribution in [3.8, 4) is 0 Å². The Morgan fingerprint density at radius 2 is 2.12 bits per heavy atom. The molecule has 1 fully saturated rings. The van der Waals surface area contributed by atoms with Gasteiger partial charge in [0.25, 0.3) is 5.85 Å². The van der Waals surface area contributed by atoms with Crippen molar-refractivity contribution in [1.29, 1.82) is 0 Å². The number of nitrogens with zero attached hydrogens (tertiary/aromatic N) is 4. The number of aliphatic carboxylic acids is 1. The van der Waals surface area contributed by atoms with Gasteiger partial charge in [-0.3, -0.25) is 4.57 Å². The number of nitrogen functional groups attached to an aromatic ring is 1. The van der Waals surface area contributed by atoms with Crippen LogP contribution >= 0.6 is 7.60 Å². The van der Waals surface area contributed by atoms with Crippen LogP contribution in [0.25, 0.3) is 11.2 Å². The molecule has 12 heteroatoms. The van der Waals surface area contributed by atoms with Gasteiger partial charge in [0.05, 0.1) is 12.4 Å². The Bertz CT molecular complexity index is 819. The lowest BCUT2D eigenvalue weighted by Crippen LogP contribution is -2.28. The molecule has 0 bridgehead atoms. The summed E-state index contributed by atoms with van der Waals surface area (Å²) in [7, 11) is -4.89. The van der Waals surface area contributed by atoms with Crippen LogP contribution in [-0.4, -0.2) is 52.3 Å². The lowest BCUT2D eigenvalue weighted by molar-refractivity contribution is -0.148. The Morgan fingerprint density at radius 3 is 2.79 bits per heavy atom. The summed E-state index contributed by atoms with van der Waals surface area (Å²) in [6.45, 7) is 0. The van der Waals surface area contributed by atoms with Crippen LogP contribution in [0.5, 0.6) is 0 Å². The van der Waals surface area contributed by atoms with E-state index in [9.17, 15) is 9.36 Å². The minimum Gasteiger partial charge on any atom is -0.479 e. The lowest BCUT2D eigenvalue weighted by Gasteiger charge is -2.20. The molecule has 2 heterocycles. The molecule has 5 N–H and O–H groups in total. The van der Waals surface area contributed by atoms with Crippen LogP contribution in [0.2, 0.25) is 0 Å². The normalized spacial score (nSPS) is 22.8. The molecule has 2 unspecified atom stereocenters. The van der Waals surface area contributed by atoms with Crippen molar-refractivity contribution in [1.82, 2.24) is 19.5 Å². The molecular weight excluding hydrogens is 341 g/mol. The summed E-state index contributed by atoms with van der Waals surface area (Å²) in [5.74, 6) is -3.57. The molecular formula is C12H16N5O6P. The molecule has 24 heavy (non-hydrogen) atoms. The largest absolute Gasteiger partial charge is 0.479 e. The second kappa shape index (κ2) is 6.10. The monoisotopic (exact) mass is 357 g/mol. The topological polar surface area (TPSA) is 174 Å². The first-order chi connectivity index (χ1) is 11.3. The van der Waals surface area contributed by atoms with Gasteiger partial charge in [-0.25, -0.2) is 19.7 Å². The number of anilines is 1.